The second kappa shape index (κ2) is 2.75. The van der Waals surface area contributed by atoms with Crippen LogP contribution in [0.25, 0.3) is 0 Å². The molecule has 2 nitrogen and oxygen atoms in total. The molecule has 0 atom stereocenters. The first-order chi connectivity index (χ1) is 5.40. The third kappa shape index (κ3) is 1.21. The van der Waals surface area contributed by atoms with Crippen LogP contribution in [0.4, 0.5) is 0 Å². The summed E-state index contributed by atoms with van der Waals surface area (Å²) in [5, 5.41) is 0. The predicted octanol–water partition coefficient (Wildman–Crippen LogP) is 1.59. The number of hydrogen-bond donors (Lipinski definition) is 1. The van der Waals surface area contributed by atoms with Crippen LogP contribution in [-0.4, -0.2) is 5.94 Å². The molecule has 0 saturated carbocycles. The van der Waals surface area contributed by atoms with Crippen LogP contribution in [0.3, 0.4) is 0 Å². The van der Waals surface area contributed by atoms with Gasteiger partial charge in [-0.25, -0.2) is 0 Å². The van der Waals surface area contributed by atoms with Crippen LogP contribution in [-0.2, 0) is 6.54 Å². The lowest BCUT2D eigenvalue weighted by atomic mass is 10.2. The molecule has 0 unspecified atom stereocenters. The van der Waals surface area contributed by atoms with Crippen molar-refractivity contribution in [3.05, 3.63) is 23.8 Å². The summed E-state index contributed by atoms with van der Waals surface area (Å²) in [6.45, 7) is 0.585. The largest absolute Gasteiger partial charge is 0.481 e. The van der Waals surface area contributed by atoms with E-state index < -0.39 is 0 Å². The molecule has 0 aliphatic carbocycles. The number of hydrogen-bond acceptors (Lipinski definition) is 3. The van der Waals surface area contributed by atoms with Crippen molar-refractivity contribution in [3.8, 4) is 5.75 Å². The molecule has 1 aliphatic heterocycles. The fraction of sp³-hybridized carbons (Fsp3) is 0.250. The first-order valence-electron chi connectivity index (χ1n) is 3.49. The number of nitrogens with two attached hydrogens (primary N) is 1. The van der Waals surface area contributed by atoms with Crippen molar-refractivity contribution in [1.82, 2.24) is 0 Å². The van der Waals surface area contributed by atoms with Gasteiger partial charge in [-0.05, 0) is 17.7 Å². The number of thioether (sulfide) groups is 1. The van der Waals surface area contributed by atoms with E-state index >= 15 is 0 Å². The number of ether oxygens (including phenoxy) is 1. The van der Waals surface area contributed by atoms with Crippen molar-refractivity contribution >= 4 is 11.8 Å². The molecule has 0 saturated heterocycles. The SMILES string of the molecule is NCc1ccc2c(c1)OCS2. The van der Waals surface area contributed by atoms with E-state index in [1.807, 2.05) is 12.1 Å². The van der Waals surface area contributed by atoms with Gasteiger partial charge in [0.1, 0.15) is 11.7 Å². The summed E-state index contributed by atoms with van der Waals surface area (Å²) in [5.74, 6) is 1.72. The minimum atomic E-state index is 0.585. The topological polar surface area (TPSA) is 35.2 Å². The summed E-state index contributed by atoms with van der Waals surface area (Å²) in [6.07, 6.45) is 0. The lowest BCUT2D eigenvalue weighted by Gasteiger charge is -1.99. The summed E-state index contributed by atoms with van der Waals surface area (Å²) in [6, 6.07) is 6.12. The van der Waals surface area contributed by atoms with E-state index in [0.29, 0.717) is 6.54 Å². The molecule has 2 N–H and O–H groups in total. The maximum Gasteiger partial charge on any atom is 0.138 e. The highest BCUT2D eigenvalue weighted by Gasteiger charge is 2.11. The van der Waals surface area contributed by atoms with Gasteiger partial charge in [-0.15, -0.1) is 0 Å². The summed E-state index contributed by atoms with van der Waals surface area (Å²) in [5.41, 5.74) is 6.61. The van der Waals surface area contributed by atoms with Crippen LogP contribution in [0.2, 0.25) is 0 Å². The molecule has 11 heavy (non-hydrogen) atoms. The van der Waals surface area contributed by atoms with Crippen molar-refractivity contribution in [2.24, 2.45) is 5.73 Å². The van der Waals surface area contributed by atoms with E-state index in [-0.39, 0.29) is 0 Å². The third-order valence-corrected chi connectivity index (χ3v) is 2.56. The second-order valence-electron chi connectivity index (χ2n) is 2.39. The highest BCUT2D eigenvalue weighted by atomic mass is 32.2. The molecule has 3 heteroatoms. The van der Waals surface area contributed by atoms with E-state index in [9.17, 15) is 0 Å². The normalized spacial score (nSPS) is 14.3. The van der Waals surface area contributed by atoms with E-state index in [0.717, 1.165) is 17.3 Å². The highest BCUT2D eigenvalue weighted by molar-refractivity contribution is 7.99. The first-order valence-corrected chi connectivity index (χ1v) is 4.47. The van der Waals surface area contributed by atoms with Gasteiger partial charge in [-0.2, -0.15) is 0 Å². The molecule has 58 valence electrons. The van der Waals surface area contributed by atoms with Gasteiger partial charge in [0.05, 0.1) is 4.90 Å². The summed E-state index contributed by atoms with van der Waals surface area (Å²) >= 11 is 1.72. The van der Waals surface area contributed by atoms with Crippen molar-refractivity contribution in [1.29, 1.82) is 0 Å². The Hall–Kier alpha value is -0.670. The van der Waals surface area contributed by atoms with Crippen LogP contribution in [0.1, 0.15) is 5.56 Å². The van der Waals surface area contributed by atoms with Gasteiger partial charge in [0.2, 0.25) is 0 Å². The minimum absolute atomic E-state index is 0.585. The van der Waals surface area contributed by atoms with Gasteiger partial charge in [0, 0.05) is 6.54 Å². The molecule has 1 aliphatic rings. The molecule has 0 bridgehead atoms. The van der Waals surface area contributed by atoms with Crippen LogP contribution >= 0.6 is 11.8 Å². The molecule has 0 amide bonds. The van der Waals surface area contributed by atoms with E-state index in [1.165, 1.54) is 4.90 Å². The Morgan fingerprint density at radius 1 is 1.55 bits per heavy atom. The number of fused-ring (bicyclic) bond motifs is 1. The number of rotatable bonds is 1. The van der Waals surface area contributed by atoms with Gasteiger partial charge < -0.3 is 10.5 Å². The van der Waals surface area contributed by atoms with Gasteiger partial charge >= 0.3 is 0 Å². The quantitative estimate of drug-likeness (QED) is 0.689. The van der Waals surface area contributed by atoms with Gasteiger partial charge in [0.15, 0.2) is 0 Å². The molecule has 1 heterocycles. The lowest BCUT2D eigenvalue weighted by Crippen LogP contribution is -1.95. The second-order valence-corrected chi connectivity index (χ2v) is 3.36. The van der Waals surface area contributed by atoms with E-state index in [2.05, 4.69) is 6.07 Å². The molecule has 1 aromatic rings. The molecule has 0 fully saturated rings. The van der Waals surface area contributed by atoms with Gasteiger partial charge in [-0.3, -0.25) is 0 Å². The van der Waals surface area contributed by atoms with Crippen molar-refractivity contribution < 1.29 is 4.74 Å². The smallest absolute Gasteiger partial charge is 0.138 e. The maximum absolute atomic E-state index is 5.48. The molecule has 0 radical (unpaired) electrons. The Bertz CT molecular complexity index is 275. The highest BCUT2D eigenvalue weighted by Crippen LogP contribution is 2.36. The monoisotopic (exact) mass is 167 g/mol. The Morgan fingerprint density at radius 2 is 2.45 bits per heavy atom. The van der Waals surface area contributed by atoms with Gasteiger partial charge in [-0.1, -0.05) is 17.8 Å². The minimum Gasteiger partial charge on any atom is -0.481 e. The Labute approximate surface area is 69.7 Å². The van der Waals surface area contributed by atoms with Crippen LogP contribution < -0.4 is 10.5 Å². The standard InChI is InChI=1S/C8H9NOS/c9-4-6-1-2-8-7(3-6)10-5-11-8/h1-3H,4-5,9H2. The first kappa shape index (κ1) is 7.00. The zero-order valence-corrected chi connectivity index (χ0v) is 6.86. The maximum atomic E-state index is 5.48. The average Bonchev–Trinajstić information content (AvgIpc) is 2.50. The molecule has 0 spiro atoms. The Balaban J connectivity index is 2.41. The summed E-state index contributed by atoms with van der Waals surface area (Å²) < 4.78 is 5.35. The molecular formula is C8H9NOS. The predicted molar refractivity (Wildman–Crippen MR) is 45.7 cm³/mol. The molecule has 2 rings (SSSR count). The molecule has 1 aromatic carbocycles. The van der Waals surface area contributed by atoms with E-state index in [1.54, 1.807) is 11.8 Å². The zero-order chi connectivity index (χ0) is 7.68. The summed E-state index contributed by atoms with van der Waals surface area (Å²) in [4.78, 5) is 1.22. The number of benzene rings is 1. The lowest BCUT2D eigenvalue weighted by molar-refractivity contribution is 0.397. The Morgan fingerprint density at radius 3 is 3.27 bits per heavy atom. The zero-order valence-electron chi connectivity index (χ0n) is 6.04. The van der Waals surface area contributed by atoms with Crippen LogP contribution in [0.15, 0.2) is 23.1 Å². The average molecular weight is 167 g/mol. The Kier molecular flexibility index (Phi) is 1.75. The van der Waals surface area contributed by atoms with E-state index in [4.69, 9.17) is 10.5 Å². The third-order valence-electron chi connectivity index (χ3n) is 1.67. The summed E-state index contributed by atoms with van der Waals surface area (Å²) in [7, 11) is 0. The van der Waals surface area contributed by atoms with Crippen molar-refractivity contribution in [2.45, 2.75) is 11.4 Å². The van der Waals surface area contributed by atoms with Crippen LogP contribution in [0.5, 0.6) is 5.75 Å². The molecular weight excluding hydrogens is 158 g/mol. The fourth-order valence-corrected chi connectivity index (χ4v) is 1.81. The molecule has 0 aromatic heterocycles. The van der Waals surface area contributed by atoms with Gasteiger partial charge in [0.25, 0.3) is 0 Å². The fourth-order valence-electron chi connectivity index (χ4n) is 1.07. The van der Waals surface area contributed by atoms with Crippen LogP contribution in [0, 0.1) is 0 Å². The van der Waals surface area contributed by atoms with Crippen molar-refractivity contribution in [3.63, 3.8) is 0 Å². The van der Waals surface area contributed by atoms with Crippen molar-refractivity contribution in [2.75, 3.05) is 5.94 Å².